The van der Waals surface area contributed by atoms with Gasteiger partial charge >= 0.3 is 0 Å². The molecule has 0 spiro atoms. The zero-order chi connectivity index (χ0) is 19.1. The monoisotopic (exact) mass is 369 g/mol. The molecular weight excluding hydrogens is 341 g/mol. The highest BCUT2D eigenvalue weighted by Gasteiger charge is 2.21. The Morgan fingerprint density at radius 3 is 2.59 bits per heavy atom. The summed E-state index contributed by atoms with van der Waals surface area (Å²) in [5, 5.41) is 2.85. The standard InChI is InChI=1S/C22H28FN3O/c1-25(16-18-6-3-2-4-7-18)21-8-5-14-26(15-13-21)17-22(27)24-20-11-9-19(23)10-12-20/h2-4,6-7,9-12,21H,5,8,13-17H2,1H3,(H,24,27)/t21-/m1/s1. The van der Waals surface area contributed by atoms with Crippen molar-refractivity contribution in [3.05, 3.63) is 66.0 Å². The van der Waals surface area contributed by atoms with Crippen molar-refractivity contribution in [2.75, 3.05) is 32.0 Å². The number of carbonyl (C=O) groups excluding carboxylic acids is 1. The van der Waals surface area contributed by atoms with Crippen molar-refractivity contribution in [3.8, 4) is 0 Å². The predicted molar refractivity (Wildman–Crippen MR) is 107 cm³/mol. The van der Waals surface area contributed by atoms with Crippen LogP contribution in [0.15, 0.2) is 54.6 Å². The number of anilines is 1. The van der Waals surface area contributed by atoms with E-state index < -0.39 is 0 Å². The molecule has 2 aromatic carbocycles. The summed E-state index contributed by atoms with van der Waals surface area (Å²) in [6, 6.07) is 17.0. The minimum absolute atomic E-state index is 0.0438. The zero-order valence-electron chi connectivity index (χ0n) is 15.9. The first-order valence-electron chi connectivity index (χ1n) is 9.62. The molecule has 0 aliphatic carbocycles. The van der Waals surface area contributed by atoms with Crippen molar-refractivity contribution in [2.45, 2.75) is 31.8 Å². The molecule has 1 fully saturated rings. The third-order valence-electron chi connectivity index (χ3n) is 5.18. The maximum absolute atomic E-state index is 13.0. The molecule has 0 aromatic heterocycles. The van der Waals surface area contributed by atoms with E-state index in [1.54, 1.807) is 12.1 Å². The normalized spacial score (nSPS) is 18.3. The van der Waals surface area contributed by atoms with Crippen LogP contribution in [-0.2, 0) is 11.3 Å². The van der Waals surface area contributed by atoms with E-state index in [9.17, 15) is 9.18 Å². The van der Waals surface area contributed by atoms with Gasteiger partial charge in [0.2, 0.25) is 5.91 Å². The molecular formula is C22H28FN3O. The van der Waals surface area contributed by atoms with E-state index in [1.165, 1.54) is 17.7 Å². The molecule has 1 atom stereocenters. The van der Waals surface area contributed by atoms with E-state index in [0.717, 1.165) is 38.9 Å². The van der Waals surface area contributed by atoms with Crippen LogP contribution >= 0.6 is 0 Å². The van der Waals surface area contributed by atoms with Crippen LogP contribution in [0.25, 0.3) is 0 Å². The van der Waals surface area contributed by atoms with Gasteiger partial charge < -0.3 is 5.32 Å². The zero-order valence-corrected chi connectivity index (χ0v) is 15.9. The first kappa shape index (κ1) is 19.5. The predicted octanol–water partition coefficient (Wildman–Crippen LogP) is 3.75. The van der Waals surface area contributed by atoms with Crippen LogP contribution in [0.1, 0.15) is 24.8 Å². The van der Waals surface area contributed by atoms with Gasteiger partial charge in [0.05, 0.1) is 6.54 Å². The highest BCUT2D eigenvalue weighted by molar-refractivity contribution is 5.92. The van der Waals surface area contributed by atoms with E-state index in [4.69, 9.17) is 0 Å². The molecule has 4 nitrogen and oxygen atoms in total. The van der Waals surface area contributed by atoms with Crippen molar-refractivity contribution in [1.29, 1.82) is 0 Å². The second-order valence-electron chi connectivity index (χ2n) is 7.32. The molecule has 1 aliphatic heterocycles. The van der Waals surface area contributed by atoms with Gasteiger partial charge in [0.25, 0.3) is 0 Å². The number of halogens is 1. The molecule has 5 heteroatoms. The van der Waals surface area contributed by atoms with Gasteiger partial charge in [-0.3, -0.25) is 14.6 Å². The Morgan fingerprint density at radius 1 is 1.11 bits per heavy atom. The number of carbonyl (C=O) groups is 1. The number of benzene rings is 2. The highest BCUT2D eigenvalue weighted by atomic mass is 19.1. The fourth-order valence-corrected chi connectivity index (χ4v) is 3.67. The Morgan fingerprint density at radius 2 is 1.85 bits per heavy atom. The van der Waals surface area contributed by atoms with E-state index >= 15 is 0 Å². The molecule has 0 bridgehead atoms. The maximum atomic E-state index is 13.0. The number of nitrogens with zero attached hydrogens (tertiary/aromatic N) is 2. The number of likely N-dealkylation sites (tertiary alicyclic amines) is 1. The summed E-state index contributed by atoms with van der Waals surface area (Å²) in [5.74, 6) is -0.344. The highest BCUT2D eigenvalue weighted by Crippen LogP contribution is 2.18. The van der Waals surface area contributed by atoms with E-state index in [2.05, 4.69) is 46.4 Å². The van der Waals surface area contributed by atoms with Gasteiger partial charge in [-0.25, -0.2) is 4.39 Å². The second kappa shape index (κ2) is 9.62. The van der Waals surface area contributed by atoms with Crippen LogP contribution in [-0.4, -0.2) is 48.4 Å². The van der Waals surface area contributed by atoms with Crippen LogP contribution in [0.3, 0.4) is 0 Å². The molecule has 2 aromatic rings. The fourth-order valence-electron chi connectivity index (χ4n) is 3.67. The SMILES string of the molecule is CN(Cc1ccccc1)[C@@H]1CCCN(CC(=O)Nc2ccc(F)cc2)CC1. The van der Waals surface area contributed by atoms with Crippen molar-refractivity contribution in [2.24, 2.45) is 0 Å². The van der Waals surface area contributed by atoms with Crippen molar-refractivity contribution >= 4 is 11.6 Å². The summed E-state index contributed by atoms with van der Waals surface area (Å²) in [4.78, 5) is 16.9. The lowest BCUT2D eigenvalue weighted by Crippen LogP contribution is -2.35. The molecule has 0 radical (unpaired) electrons. The average molecular weight is 369 g/mol. The van der Waals surface area contributed by atoms with Gasteiger partial charge in [-0.05, 0) is 62.7 Å². The summed E-state index contributed by atoms with van der Waals surface area (Å²) in [5.41, 5.74) is 1.97. The van der Waals surface area contributed by atoms with Crippen LogP contribution < -0.4 is 5.32 Å². The van der Waals surface area contributed by atoms with Gasteiger partial charge in [-0.2, -0.15) is 0 Å². The van der Waals surface area contributed by atoms with Crippen LogP contribution in [0.4, 0.5) is 10.1 Å². The summed E-state index contributed by atoms with van der Waals surface area (Å²) >= 11 is 0. The van der Waals surface area contributed by atoms with E-state index in [1.807, 2.05) is 6.07 Å². The van der Waals surface area contributed by atoms with Crippen LogP contribution in [0.5, 0.6) is 0 Å². The van der Waals surface area contributed by atoms with E-state index in [-0.39, 0.29) is 11.7 Å². The van der Waals surface area contributed by atoms with Crippen molar-refractivity contribution in [1.82, 2.24) is 9.80 Å². The second-order valence-corrected chi connectivity index (χ2v) is 7.32. The smallest absolute Gasteiger partial charge is 0.238 e. The van der Waals surface area contributed by atoms with Gasteiger partial charge in [-0.15, -0.1) is 0 Å². The minimum atomic E-state index is -0.300. The quantitative estimate of drug-likeness (QED) is 0.842. The third kappa shape index (κ3) is 6.15. The van der Waals surface area contributed by atoms with Crippen LogP contribution in [0.2, 0.25) is 0 Å². The minimum Gasteiger partial charge on any atom is -0.325 e. The lowest BCUT2D eigenvalue weighted by Gasteiger charge is -2.27. The lowest BCUT2D eigenvalue weighted by atomic mass is 10.1. The van der Waals surface area contributed by atoms with E-state index in [0.29, 0.717) is 18.3 Å². The van der Waals surface area contributed by atoms with Crippen molar-refractivity contribution in [3.63, 3.8) is 0 Å². The molecule has 144 valence electrons. The fraction of sp³-hybridized carbons (Fsp3) is 0.409. The molecule has 0 unspecified atom stereocenters. The molecule has 3 rings (SSSR count). The van der Waals surface area contributed by atoms with Gasteiger partial charge in [0.1, 0.15) is 5.82 Å². The Balaban J connectivity index is 1.46. The first-order valence-corrected chi connectivity index (χ1v) is 9.62. The topological polar surface area (TPSA) is 35.6 Å². The molecule has 27 heavy (non-hydrogen) atoms. The number of rotatable bonds is 6. The molecule has 1 heterocycles. The summed E-state index contributed by atoms with van der Waals surface area (Å²) in [6.07, 6.45) is 3.31. The van der Waals surface area contributed by atoms with Gasteiger partial charge in [0, 0.05) is 24.8 Å². The number of amides is 1. The van der Waals surface area contributed by atoms with Gasteiger partial charge in [-0.1, -0.05) is 30.3 Å². The molecule has 1 N–H and O–H groups in total. The van der Waals surface area contributed by atoms with Crippen LogP contribution in [0, 0.1) is 5.82 Å². The summed E-state index contributed by atoms with van der Waals surface area (Å²) < 4.78 is 13.0. The Labute approximate surface area is 161 Å². The maximum Gasteiger partial charge on any atom is 0.238 e. The largest absolute Gasteiger partial charge is 0.325 e. The van der Waals surface area contributed by atoms with Gasteiger partial charge in [0.15, 0.2) is 0 Å². The first-order chi connectivity index (χ1) is 13.1. The molecule has 1 amide bonds. The lowest BCUT2D eigenvalue weighted by molar-refractivity contribution is -0.117. The van der Waals surface area contributed by atoms with Crippen molar-refractivity contribution < 1.29 is 9.18 Å². The molecule has 1 saturated heterocycles. The summed E-state index contributed by atoms with van der Waals surface area (Å²) in [6.45, 7) is 3.19. The number of hydrogen-bond donors (Lipinski definition) is 1. The number of hydrogen-bond acceptors (Lipinski definition) is 3. The Kier molecular flexibility index (Phi) is 6.96. The summed E-state index contributed by atoms with van der Waals surface area (Å²) in [7, 11) is 2.19. The average Bonchev–Trinajstić information content (AvgIpc) is 2.90. The third-order valence-corrected chi connectivity index (χ3v) is 5.18. The Hall–Kier alpha value is -2.24. The Bertz CT molecular complexity index is 720. The number of nitrogens with one attached hydrogen (secondary N) is 1. The molecule has 1 aliphatic rings. The molecule has 0 saturated carbocycles.